The van der Waals surface area contributed by atoms with E-state index in [4.69, 9.17) is 4.74 Å². The van der Waals surface area contributed by atoms with Crippen molar-refractivity contribution in [1.29, 1.82) is 0 Å². The number of ether oxygens (including phenoxy) is 1. The van der Waals surface area contributed by atoms with Crippen LogP contribution in [0.3, 0.4) is 0 Å². The number of carbonyl (C=O) groups excluding carboxylic acids is 1. The summed E-state index contributed by atoms with van der Waals surface area (Å²) in [5.41, 5.74) is 0.959. The summed E-state index contributed by atoms with van der Waals surface area (Å²) in [7, 11) is 1.90. The van der Waals surface area contributed by atoms with Gasteiger partial charge in [0.25, 0.3) is 0 Å². The highest BCUT2D eigenvalue weighted by Crippen LogP contribution is 2.65. The number of fused-ring (bicyclic) bond motifs is 1. The first-order chi connectivity index (χ1) is 11.1. The summed E-state index contributed by atoms with van der Waals surface area (Å²) in [6, 6.07) is 11.0. The Balaban J connectivity index is 1.73. The Kier molecular flexibility index (Phi) is 3.95. The van der Waals surface area contributed by atoms with Crippen molar-refractivity contribution in [1.82, 2.24) is 9.80 Å². The van der Waals surface area contributed by atoms with Gasteiger partial charge in [-0.3, -0.25) is 4.90 Å². The molecular weight excluding hydrogens is 300 g/mol. The van der Waals surface area contributed by atoms with E-state index in [0.717, 1.165) is 19.5 Å². The van der Waals surface area contributed by atoms with E-state index in [2.05, 4.69) is 49.1 Å². The number of hydrogen-bond acceptors (Lipinski definition) is 3. The van der Waals surface area contributed by atoms with E-state index >= 15 is 0 Å². The van der Waals surface area contributed by atoms with Crippen molar-refractivity contribution in [3.05, 3.63) is 35.9 Å². The van der Waals surface area contributed by atoms with Gasteiger partial charge in [-0.25, -0.2) is 4.79 Å². The fraction of sp³-hybridized carbons (Fsp3) is 0.650. The molecule has 24 heavy (non-hydrogen) atoms. The minimum Gasteiger partial charge on any atom is -0.444 e. The molecule has 0 N–H and O–H groups in total. The third-order valence-electron chi connectivity index (χ3n) is 5.84. The van der Waals surface area contributed by atoms with E-state index in [-0.39, 0.29) is 17.0 Å². The van der Waals surface area contributed by atoms with Crippen molar-refractivity contribution in [3.8, 4) is 0 Å². The third kappa shape index (κ3) is 2.81. The lowest BCUT2D eigenvalue weighted by molar-refractivity contribution is 0.0163. The smallest absolute Gasteiger partial charge is 0.410 e. The van der Waals surface area contributed by atoms with Crippen LogP contribution in [0.4, 0.5) is 4.79 Å². The highest BCUT2D eigenvalue weighted by Gasteiger charge is 2.73. The van der Waals surface area contributed by atoms with Gasteiger partial charge < -0.3 is 9.64 Å². The maximum absolute atomic E-state index is 12.6. The van der Waals surface area contributed by atoms with Gasteiger partial charge in [0.2, 0.25) is 0 Å². The highest BCUT2D eigenvalue weighted by atomic mass is 16.6. The van der Waals surface area contributed by atoms with Crippen LogP contribution in [0.25, 0.3) is 0 Å². The number of likely N-dealkylation sites (tertiary alicyclic amines) is 1. The Morgan fingerprint density at radius 1 is 1.25 bits per heavy atom. The van der Waals surface area contributed by atoms with Crippen molar-refractivity contribution >= 4 is 6.09 Å². The number of amides is 1. The topological polar surface area (TPSA) is 32.8 Å². The predicted molar refractivity (Wildman–Crippen MR) is 95.9 cm³/mol. The molecule has 3 rings (SSSR count). The van der Waals surface area contributed by atoms with Crippen LogP contribution in [0.5, 0.6) is 0 Å². The van der Waals surface area contributed by atoms with Gasteiger partial charge in [0, 0.05) is 31.6 Å². The van der Waals surface area contributed by atoms with Crippen LogP contribution < -0.4 is 0 Å². The van der Waals surface area contributed by atoms with Gasteiger partial charge in [0.05, 0.1) is 5.54 Å². The lowest BCUT2D eigenvalue weighted by atomic mass is 10.1. The standard InChI is InChI=1S/C20H30N2O2/c1-15(16-10-8-7-9-11-16)22-13-19(5)12-20(19,14-22)21(6)17(23)24-18(2,3)4/h7-11,15H,12-14H2,1-6H3. The Bertz CT molecular complexity index is 624. The van der Waals surface area contributed by atoms with Crippen LogP contribution >= 0.6 is 0 Å². The minimum absolute atomic E-state index is 0.0849. The number of carbonyl (C=O) groups is 1. The molecule has 3 unspecified atom stereocenters. The number of piperidine rings is 1. The first kappa shape index (κ1) is 17.3. The van der Waals surface area contributed by atoms with Crippen LogP contribution in [0.2, 0.25) is 0 Å². The fourth-order valence-electron chi connectivity index (χ4n) is 4.24. The SMILES string of the molecule is CC(c1ccccc1)N1CC2(C)CC2(N(C)C(=O)OC(C)(C)C)C1. The normalized spacial score (nSPS) is 30.6. The van der Waals surface area contributed by atoms with E-state index in [1.807, 2.05) is 32.7 Å². The molecule has 4 nitrogen and oxygen atoms in total. The first-order valence-electron chi connectivity index (χ1n) is 8.84. The van der Waals surface area contributed by atoms with Gasteiger partial charge in [-0.15, -0.1) is 0 Å². The number of benzene rings is 1. The molecule has 0 bridgehead atoms. The molecule has 0 spiro atoms. The van der Waals surface area contributed by atoms with Crippen molar-refractivity contribution < 1.29 is 9.53 Å². The average Bonchev–Trinajstić information content (AvgIpc) is 2.98. The second-order valence-electron chi connectivity index (χ2n) is 8.80. The van der Waals surface area contributed by atoms with Crippen molar-refractivity contribution in [2.45, 2.75) is 58.2 Å². The molecule has 4 heteroatoms. The monoisotopic (exact) mass is 330 g/mol. The molecule has 1 saturated carbocycles. The van der Waals surface area contributed by atoms with Gasteiger partial charge in [-0.05, 0) is 39.7 Å². The largest absolute Gasteiger partial charge is 0.444 e. The van der Waals surface area contributed by atoms with Gasteiger partial charge in [-0.1, -0.05) is 37.3 Å². The zero-order chi connectivity index (χ0) is 17.8. The molecule has 2 aliphatic rings. The molecule has 1 aliphatic carbocycles. The number of nitrogens with zero attached hydrogens (tertiary/aromatic N) is 2. The molecule has 1 aromatic carbocycles. The van der Waals surface area contributed by atoms with E-state index < -0.39 is 5.60 Å². The first-order valence-corrected chi connectivity index (χ1v) is 8.84. The quantitative estimate of drug-likeness (QED) is 0.837. The van der Waals surface area contributed by atoms with Crippen LogP contribution in [-0.2, 0) is 4.74 Å². The van der Waals surface area contributed by atoms with E-state index in [0.29, 0.717) is 6.04 Å². The summed E-state index contributed by atoms with van der Waals surface area (Å²) >= 11 is 0. The van der Waals surface area contributed by atoms with Gasteiger partial charge >= 0.3 is 6.09 Å². The Morgan fingerprint density at radius 3 is 2.46 bits per heavy atom. The van der Waals surface area contributed by atoms with Crippen LogP contribution in [-0.4, -0.2) is 47.2 Å². The van der Waals surface area contributed by atoms with Gasteiger partial charge in [0.1, 0.15) is 5.60 Å². The summed E-state index contributed by atoms with van der Waals surface area (Å²) in [4.78, 5) is 16.9. The zero-order valence-corrected chi connectivity index (χ0v) is 15.8. The Labute approximate surface area is 145 Å². The van der Waals surface area contributed by atoms with Crippen LogP contribution in [0.15, 0.2) is 30.3 Å². The van der Waals surface area contributed by atoms with Crippen molar-refractivity contribution in [3.63, 3.8) is 0 Å². The second kappa shape index (κ2) is 5.48. The Morgan fingerprint density at radius 2 is 1.88 bits per heavy atom. The van der Waals surface area contributed by atoms with Gasteiger partial charge in [-0.2, -0.15) is 0 Å². The third-order valence-corrected chi connectivity index (χ3v) is 5.84. The summed E-state index contributed by atoms with van der Waals surface area (Å²) in [5.74, 6) is 0. The van der Waals surface area contributed by atoms with E-state index in [1.165, 1.54) is 5.56 Å². The maximum atomic E-state index is 12.6. The Hall–Kier alpha value is -1.55. The van der Waals surface area contributed by atoms with Crippen molar-refractivity contribution in [2.24, 2.45) is 5.41 Å². The zero-order valence-electron chi connectivity index (χ0n) is 15.8. The van der Waals surface area contributed by atoms with E-state index in [1.54, 1.807) is 0 Å². The summed E-state index contributed by atoms with van der Waals surface area (Å²) < 4.78 is 5.60. The highest BCUT2D eigenvalue weighted by molar-refractivity contribution is 5.70. The number of rotatable bonds is 3. The summed E-state index contributed by atoms with van der Waals surface area (Å²) in [6.45, 7) is 12.2. The molecule has 1 saturated heterocycles. The molecule has 1 amide bonds. The average molecular weight is 330 g/mol. The fourth-order valence-corrected chi connectivity index (χ4v) is 4.24. The summed E-state index contributed by atoms with van der Waals surface area (Å²) in [5, 5.41) is 0. The predicted octanol–water partition coefficient (Wildman–Crippen LogP) is 4.08. The van der Waals surface area contributed by atoms with Gasteiger partial charge in [0.15, 0.2) is 0 Å². The molecule has 132 valence electrons. The minimum atomic E-state index is -0.455. The molecular formula is C20H30N2O2. The number of hydrogen-bond donors (Lipinski definition) is 0. The van der Waals surface area contributed by atoms with Crippen LogP contribution in [0, 0.1) is 5.41 Å². The molecule has 2 fully saturated rings. The molecule has 3 atom stereocenters. The molecule has 1 aromatic rings. The maximum Gasteiger partial charge on any atom is 0.410 e. The van der Waals surface area contributed by atoms with E-state index in [9.17, 15) is 4.79 Å². The molecule has 0 aromatic heterocycles. The lowest BCUT2D eigenvalue weighted by Gasteiger charge is -2.33. The van der Waals surface area contributed by atoms with Crippen molar-refractivity contribution in [2.75, 3.05) is 20.1 Å². The molecule has 0 radical (unpaired) electrons. The molecule has 1 aliphatic heterocycles. The number of likely N-dealkylation sites (N-methyl/N-ethyl adjacent to an activating group) is 1. The summed E-state index contributed by atoms with van der Waals surface area (Å²) in [6.07, 6.45) is 0.855. The second-order valence-corrected chi connectivity index (χ2v) is 8.80. The lowest BCUT2D eigenvalue weighted by Crippen LogP contribution is -2.46. The van der Waals surface area contributed by atoms with Crippen LogP contribution in [0.1, 0.15) is 52.6 Å². The molecule has 1 heterocycles.